The Morgan fingerprint density at radius 1 is 1.36 bits per heavy atom. The second-order valence-electron chi connectivity index (χ2n) is 6.49. The monoisotopic (exact) mass is 344 g/mol. The molecule has 0 saturated carbocycles. The Labute approximate surface area is 147 Å². The number of nitrogens with zero attached hydrogens (tertiary/aromatic N) is 3. The van der Waals surface area contributed by atoms with Crippen LogP contribution in [0.3, 0.4) is 0 Å². The lowest BCUT2D eigenvalue weighted by atomic mass is 10.0. The predicted molar refractivity (Wildman–Crippen MR) is 93.1 cm³/mol. The van der Waals surface area contributed by atoms with Gasteiger partial charge in [0, 0.05) is 49.7 Å². The zero-order chi connectivity index (χ0) is 17.6. The van der Waals surface area contributed by atoms with Crippen molar-refractivity contribution in [1.29, 1.82) is 0 Å². The van der Waals surface area contributed by atoms with Gasteiger partial charge in [-0.3, -0.25) is 14.7 Å². The van der Waals surface area contributed by atoms with Gasteiger partial charge in [0.25, 0.3) is 5.91 Å². The van der Waals surface area contributed by atoms with Crippen LogP contribution >= 0.6 is 0 Å². The molecule has 1 fully saturated rings. The molecular formula is C18H24N4O3. The topological polar surface area (TPSA) is 80.5 Å². The highest BCUT2D eigenvalue weighted by Gasteiger charge is 2.25. The second-order valence-corrected chi connectivity index (χ2v) is 6.49. The highest BCUT2D eigenvalue weighted by atomic mass is 16.5. The lowest BCUT2D eigenvalue weighted by Crippen LogP contribution is -2.51. The highest BCUT2D eigenvalue weighted by Crippen LogP contribution is 2.19. The van der Waals surface area contributed by atoms with E-state index in [1.807, 2.05) is 12.1 Å². The summed E-state index contributed by atoms with van der Waals surface area (Å²) in [5, 5.41) is 6.86. The summed E-state index contributed by atoms with van der Waals surface area (Å²) in [6.07, 6.45) is 3.36. The Hall–Kier alpha value is -2.25. The standard InChI is InChI=1S/C18H24N4O3/c1-13(2)16(22-6-8-24-9-7-22)12-20-18(23)15-10-17(25-21-15)14-4-3-5-19-11-14/h3-5,10-11,13,16H,6-9,12H2,1-2H3,(H,20,23). The molecule has 25 heavy (non-hydrogen) atoms. The molecule has 2 aromatic rings. The van der Waals surface area contributed by atoms with E-state index in [-0.39, 0.29) is 17.6 Å². The van der Waals surface area contributed by atoms with Crippen LogP contribution in [-0.2, 0) is 4.74 Å². The maximum atomic E-state index is 12.4. The van der Waals surface area contributed by atoms with Crippen molar-refractivity contribution >= 4 is 5.91 Å². The molecule has 0 aromatic carbocycles. The van der Waals surface area contributed by atoms with E-state index >= 15 is 0 Å². The Balaban J connectivity index is 1.60. The van der Waals surface area contributed by atoms with Gasteiger partial charge in [0.2, 0.25) is 0 Å². The zero-order valence-electron chi connectivity index (χ0n) is 14.6. The minimum Gasteiger partial charge on any atom is -0.379 e. The molecule has 0 aliphatic carbocycles. The fourth-order valence-electron chi connectivity index (χ4n) is 3.01. The molecule has 1 amide bonds. The Kier molecular flexibility index (Phi) is 5.78. The number of nitrogens with one attached hydrogen (secondary N) is 1. The third-order valence-electron chi connectivity index (χ3n) is 4.44. The lowest BCUT2D eigenvalue weighted by Gasteiger charge is -2.36. The van der Waals surface area contributed by atoms with Crippen molar-refractivity contribution in [2.75, 3.05) is 32.8 Å². The van der Waals surface area contributed by atoms with Crippen molar-refractivity contribution < 1.29 is 14.1 Å². The molecule has 1 aliphatic rings. The van der Waals surface area contributed by atoms with Gasteiger partial charge in [0.05, 0.1) is 13.2 Å². The number of hydrogen-bond acceptors (Lipinski definition) is 6. The minimum atomic E-state index is -0.224. The molecule has 134 valence electrons. The molecule has 7 heteroatoms. The smallest absolute Gasteiger partial charge is 0.273 e. The van der Waals surface area contributed by atoms with Gasteiger partial charge in [-0.1, -0.05) is 19.0 Å². The van der Waals surface area contributed by atoms with E-state index in [0.717, 1.165) is 31.9 Å². The van der Waals surface area contributed by atoms with Crippen molar-refractivity contribution in [2.45, 2.75) is 19.9 Å². The first-order valence-electron chi connectivity index (χ1n) is 8.62. The quantitative estimate of drug-likeness (QED) is 0.861. The van der Waals surface area contributed by atoms with Crippen LogP contribution in [0.5, 0.6) is 0 Å². The molecule has 1 unspecified atom stereocenters. The van der Waals surface area contributed by atoms with Crippen LogP contribution in [0.4, 0.5) is 0 Å². The number of morpholine rings is 1. The molecule has 2 aromatic heterocycles. The summed E-state index contributed by atoms with van der Waals surface area (Å²) in [5.41, 5.74) is 1.07. The van der Waals surface area contributed by atoms with Crippen LogP contribution in [0.25, 0.3) is 11.3 Å². The average Bonchev–Trinajstić information content (AvgIpc) is 3.13. The molecule has 0 bridgehead atoms. The third kappa shape index (κ3) is 4.43. The molecule has 1 saturated heterocycles. The van der Waals surface area contributed by atoms with E-state index in [4.69, 9.17) is 9.26 Å². The van der Waals surface area contributed by atoms with Crippen LogP contribution in [0.15, 0.2) is 35.1 Å². The first kappa shape index (κ1) is 17.6. The second kappa shape index (κ2) is 8.22. The van der Waals surface area contributed by atoms with E-state index in [2.05, 4.69) is 34.2 Å². The fraction of sp³-hybridized carbons (Fsp3) is 0.500. The minimum absolute atomic E-state index is 0.224. The van der Waals surface area contributed by atoms with E-state index in [0.29, 0.717) is 18.2 Å². The van der Waals surface area contributed by atoms with Crippen LogP contribution in [0, 0.1) is 5.92 Å². The maximum absolute atomic E-state index is 12.4. The zero-order valence-corrected chi connectivity index (χ0v) is 14.6. The van der Waals surface area contributed by atoms with Gasteiger partial charge >= 0.3 is 0 Å². The van der Waals surface area contributed by atoms with Crippen LogP contribution < -0.4 is 5.32 Å². The van der Waals surface area contributed by atoms with Gasteiger partial charge in [-0.2, -0.15) is 0 Å². The van der Waals surface area contributed by atoms with Crippen molar-refractivity contribution in [3.8, 4) is 11.3 Å². The summed E-state index contributed by atoms with van der Waals surface area (Å²) in [6.45, 7) is 8.20. The molecule has 1 atom stereocenters. The van der Waals surface area contributed by atoms with Gasteiger partial charge in [-0.05, 0) is 18.1 Å². The number of carbonyl (C=O) groups excluding carboxylic acids is 1. The van der Waals surface area contributed by atoms with Gasteiger partial charge < -0.3 is 14.6 Å². The van der Waals surface area contributed by atoms with E-state index < -0.39 is 0 Å². The molecule has 3 heterocycles. The Morgan fingerprint density at radius 3 is 2.84 bits per heavy atom. The lowest BCUT2D eigenvalue weighted by molar-refractivity contribution is 0.00671. The summed E-state index contributed by atoms with van der Waals surface area (Å²) in [5.74, 6) is 0.742. The van der Waals surface area contributed by atoms with E-state index in [1.54, 1.807) is 18.5 Å². The first-order chi connectivity index (χ1) is 12.1. The van der Waals surface area contributed by atoms with Gasteiger partial charge in [0.15, 0.2) is 11.5 Å². The number of aromatic nitrogens is 2. The van der Waals surface area contributed by atoms with Gasteiger partial charge in [0.1, 0.15) is 0 Å². The predicted octanol–water partition coefficient (Wildman–Crippen LogP) is 1.82. The van der Waals surface area contributed by atoms with Crippen molar-refractivity contribution in [2.24, 2.45) is 5.92 Å². The van der Waals surface area contributed by atoms with Gasteiger partial charge in [-0.25, -0.2) is 0 Å². The van der Waals surface area contributed by atoms with Crippen LogP contribution in [-0.4, -0.2) is 59.8 Å². The molecule has 7 nitrogen and oxygen atoms in total. The number of rotatable bonds is 6. The van der Waals surface area contributed by atoms with Gasteiger partial charge in [-0.15, -0.1) is 0 Å². The summed E-state index contributed by atoms with van der Waals surface area (Å²) < 4.78 is 10.7. The largest absolute Gasteiger partial charge is 0.379 e. The normalized spacial score (nSPS) is 16.8. The van der Waals surface area contributed by atoms with E-state index in [1.165, 1.54) is 0 Å². The summed E-state index contributed by atoms with van der Waals surface area (Å²) >= 11 is 0. The molecule has 0 spiro atoms. The molecule has 1 N–H and O–H groups in total. The number of ether oxygens (including phenoxy) is 1. The molecular weight excluding hydrogens is 320 g/mol. The highest BCUT2D eigenvalue weighted by molar-refractivity contribution is 5.93. The molecule has 3 rings (SSSR count). The summed E-state index contributed by atoms with van der Waals surface area (Å²) in [7, 11) is 0. The van der Waals surface area contributed by atoms with Crippen LogP contribution in [0.2, 0.25) is 0 Å². The number of amides is 1. The SMILES string of the molecule is CC(C)C(CNC(=O)c1cc(-c2cccnc2)on1)N1CCOCC1. The van der Waals surface area contributed by atoms with Crippen LogP contribution in [0.1, 0.15) is 24.3 Å². The van der Waals surface area contributed by atoms with E-state index in [9.17, 15) is 4.79 Å². The van der Waals surface area contributed by atoms with Crippen molar-refractivity contribution in [3.63, 3.8) is 0 Å². The summed E-state index contributed by atoms with van der Waals surface area (Å²) in [6, 6.07) is 5.60. The number of pyridine rings is 1. The maximum Gasteiger partial charge on any atom is 0.273 e. The fourth-order valence-corrected chi connectivity index (χ4v) is 3.01. The van der Waals surface area contributed by atoms with Crippen molar-refractivity contribution in [3.05, 3.63) is 36.3 Å². The average molecular weight is 344 g/mol. The molecule has 1 aliphatic heterocycles. The Morgan fingerprint density at radius 2 is 2.16 bits per heavy atom. The number of hydrogen-bond donors (Lipinski definition) is 1. The summed E-state index contributed by atoms with van der Waals surface area (Å²) in [4.78, 5) is 18.8. The number of carbonyl (C=O) groups is 1. The Bertz CT molecular complexity index is 681. The third-order valence-corrected chi connectivity index (χ3v) is 4.44. The molecule has 0 radical (unpaired) electrons. The first-order valence-corrected chi connectivity index (χ1v) is 8.62. The van der Waals surface area contributed by atoms with Crippen molar-refractivity contribution in [1.82, 2.24) is 20.4 Å².